The Bertz CT molecular complexity index is 387. The molecule has 1 aliphatic rings. The molecule has 0 unspecified atom stereocenters. The van der Waals surface area contributed by atoms with E-state index in [0.717, 1.165) is 30.9 Å². The molecule has 2 heterocycles. The van der Waals surface area contributed by atoms with Crippen LogP contribution in [0.3, 0.4) is 0 Å². The highest BCUT2D eigenvalue weighted by molar-refractivity contribution is 5.52. The van der Waals surface area contributed by atoms with E-state index >= 15 is 0 Å². The van der Waals surface area contributed by atoms with Crippen LogP contribution in [0.4, 0.5) is 5.82 Å². The van der Waals surface area contributed by atoms with Gasteiger partial charge in [-0.1, -0.05) is 11.8 Å². The normalized spacial score (nSPS) is 12.6. The highest BCUT2D eigenvalue weighted by Crippen LogP contribution is 2.19. The van der Waals surface area contributed by atoms with Gasteiger partial charge >= 0.3 is 0 Å². The zero-order valence-electron chi connectivity index (χ0n) is 8.22. The summed E-state index contributed by atoms with van der Waals surface area (Å²) >= 11 is 0. The topological polar surface area (TPSA) is 37.0 Å². The molecule has 1 aromatic heterocycles. The van der Waals surface area contributed by atoms with Gasteiger partial charge in [0.15, 0.2) is 0 Å². The summed E-state index contributed by atoms with van der Waals surface area (Å²) in [6, 6.07) is 2.12. The summed E-state index contributed by atoms with van der Waals surface area (Å²) in [5, 5.41) is 6.21. The first-order chi connectivity index (χ1) is 6.90. The number of anilines is 1. The number of fused-ring (bicyclic) bond motifs is 1. The molecule has 72 valence electrons. The third-order valence-corrected chi connectivity index (χ3v) is 2.15. The lowest BCUT2D eigenvalue weighted by Gasteiger charge is -1.97. The minimum atomic E-state index is 0.718. The summed E-state index contributed by atoms with van der Waals surface area (Å²) in [5.74, 6) is 7.11. The molecule has 3 nitrogen and oxygen atoms in total. The molecule has 0 amide bonds. The van der Waals surface area contributed by atoms with Crippen molar-refractivity contribution in [2.24, 2.45) is 0 Å². The van der Waals surface area contributed by atoms with E-state index < -0.39 is 0 Å². The quantitative estimate of drug-likeness (QED) is 0.633. The Morgan fingerprint density at radius 1 is 1.64 bits per heavy atom. The van der Waals surface area contributed by atoms with E-state index in [-0.39, 0.29) is 0 Å². The van der Waals surface area contributed by atoms with Crippen molar-refractivity contribution in [3.63, 3.8) is 0 Å². The van der Waals surface area contributed by atoms with Gasteiger partial charge in [0, 0.05) is 18.3 Å². The van der Waals surface area contributed by atoms with Crippen molar-refractivity contribution in [2.45, 2.75) is 6.42 Å². The molecule has 0 atom stereocenters. The van der Waals surface area contributed by atoms with Gasteiger partial charge in [-0.2, -0.15) is 0 Å². The molecule has 2 rings (SSSR count). The van der Waals surface area contributed by atoms with E-state index in [1.165, 1.54) is 5.56 Å². The van der Waals surface area contributed by atoms with Gasteiger partial charge in [-0.15, -0.1) is 0 Å². The standard InChI is InChI=1S/C11H13N3/c1-12-5-2-3-9-7-10-4-6-13-11(10)14-8-9/h7-8,12H,4-6H2,1H3,(H,13,14). The minimum absolute atomic E-state index is 0.718. The summed E-state index contributed by atoms with van der Waals surface area (Å²) in [6.45, 7) is 1.71. The predicted octanol–water partition coefficient (Wildman–Crippen LogP) is 0.620. The van der Waals surface area contributed by atoms with E-state index in [4.69, 9.17) is 0 Å². The second-order valence-electron chi connectivity index (χ2n) is 3.24. The smallest absolute Gasteiger partial charge is 0.129 e. The maximum atomic E-state index is 4.30. The van der Waals surface area contributed by atoms with Crippen molar-refractivity contribution in [1.82, 2.24) is 10.3 Å². The van der Waals surface area contributed by atoms with Gasteiger partial charge in [0.2, 0.25) is 0 Å². The summed E-state index contributed by atoms with van der Waals surface area (Å²) in [5.41, 5.74) is 2.28. The highest BCUT2D eigenvalue weighted by Gasteiger charge is 2.10. The Kier molecular flexibility index (Phi) is 2.66. The van der Waals surface area contributed by atoms with E-state index in [2.05, 4.69) is 33.5 Å². The average Bonchev–Trinajstić information content (AvgIpc) is 2.65. The number of rotatable bonds is 1. The largest absolute Gasteiger partial charge is 0.370 e. The van der Waals surface area contributed by atoms with Crippen LogP contribution in [0.1, 0.15) is 11.1 Å². The van der Waals surface area contributed by atoms with E-state index in [1.807, 2.05) is 13.2 Å². The first-order valence-electron chi connectivity index (χ1n) is 4.76. The zero-order chi connectivity index (χ0) is 9.80. The first kappa shape index (κ1) is 9.04. The van der Waals surface area contributed by atoms with E-state index in [9.17, 15) is 0 Å². The highest BCUT2D eigenvalue weighted by atomic mass is 15.0. The monoisotopic (exact) mass is 187 g/mol. The third kappa shape index (κ3) is 1.86. The second-order valence-corrected chi connectivity index (χ2v) is 3.24. The molecule has 0 aromatic carbocycles. The molecular weight excluding hydrogens is 174 g/mol. The van der Waals surface area contributed by atoms with Crippen molar-refractivity contribution in [1.29, 1.82) is 0 Å². The van der Waals surface area contributed by atoms with Crippen LogP contribution in [-0.2, 0) is 6.42 Å². The van der Waals surface area contributed by atoms with Gasteiger partial charge in [-0.25, -0.2) is 4.98 Å². The van der Waals surface area contributed by atoms with Gasteiger partial charge < -0.3 is 10.6 Å². The number of nitrogens with one attached hydrogen (secondary N) is 2. The van der Waals surface area contributed by atoms with E-state index in [1.54, 1.807) is 0 Å². The van der Waals surface area contributed by atoms with Crippen molar-refractivity contribution in [3.8, 4) is 11.8 Å². The molecule has 1 aliphatic heterocycles. The van der Waals surface area contributed by atoms with Gasteiger partial charge in [0.25, 0.3) is 0 Å². The van der Waals surface area contributed by atoms with Gasteiger partial charge in [-0.3, -0.25) is 0 Å². The summed E-state index contributed by atoms with van der Waals surface area (Å²) in [6.07, 6.45) is 2.88. The molecule has 14 heavy (non-hydrogen) atoms. The Hall–Kier alpha value is -1.53. The lowest BCUT2D eigenvalue weighted by atomic mass is 10.2. The summed E-state index contributed by atoms with van der Waals surface area (Å²) < 4.78 is 0. The maximum absolute atomic E-state index is 4.30. The van der Waals surface area contributed by atoms with Crippen LogP contribution >= 0.6 is 0 Å². The molecule has 0 fully saturated rings. The van der Waals surface area contributed by atoms with Crippen molar-refractivity contribution >= 4 is 5.82 Å². The van der Waals surface area contributed by atoms with Crippen LogP contribution in [-0.4, -0.2) is 25.1 Å². The van der Waals surface area contributed by atoms with Crippen LogP contribution < -0.4 is 10.6 Å². The van der Waals surface area contributed by atoms with Crippen LogP contribution in [0.15, 0.2) is 12.3 Å². The van der Waals surface area contributed by atoms with Crippen LogP contribution in [0.25, 0.3) is 0 Å². The molecular formula is C11H13N3. The fourth-order valence-corrected chi connectivity index (χ4v) is 1.48. The minimum Gasteiger partial charge on any atom is -0.370 e. The Labute approximate surface area is 83.9 Å². The average molecular weight is 187 g/mol. The molecule has 0 saturated heterocycles. The Morgan fingerprint density at radius 3 is 3.43 bits per heavy atom. The fraction of sp³-hybridized carbons (Fsp3) is 0.364. The number of hydrogen-bond acceptors (Lipinski definition) is 3. The molecule has 0 bridgehead atoms. The van der Waals surface area contributed by atoms with Crippen LogP contribution in [0.5, 0.6) is 0 Å². The number of aromatic nitrogens is 1. The zero-order valence-corrected chi connectivity index (χ0v) is 8.22. The molecule has 0 saturated carbocycles. The van der Waals surface area contributed by atoms with E-state index in [0.29, 0.717) is 0 Å². The summed E-state index contributed by atoms with van der Waals surface area (Å²) in [7, 11) is 1.89. The van der Waals surface area contributed by atoms with Crippen molar-refractivity contribution in [2.75, 3.05) is 25.5 Å². The maximum Gasteiger partial charge on any atom is 0.129 e. The lowest BCUT2D eigenvalue weighted by molar-refractivity contribution is 0.938. The Balaban J connectivity index is 2.18. The summed E-state index contributed by atoms with van der Waals surface area (Å²) in [4.78, 5) is 4.30. The molecule has 1 aromatic rings. The fourth-order valence-electron chi connectivity index (χ4n) is 1.48. The number of hydrogen-bond donors (Lipinski definition) is 2. The number of pyridine rings is 1. The first-order valence-corrected chi connectivity index (χ1v) is 4.76. The predicted molar refractivity (Wildman–Crippen MR) is 57.2 cm³/mol. The van der Waals surface area contributed by atoms with Crippen molar-refractivity contribution in [3.05, 3.63) is 23.4 Å². The van der Waals surface area contributed by atoms with Crippen molar-refractivity contribution < 1.29 is 0 Å². The van der Waals surface area contributed by atoms with Crippen LogP contribution in [0.2, 0.25) is 0 Å². The van der Waals surface area contributed by atoms with Crippen LogP contribution in [0, 0.1) is 11.8 Å². The second kappa shape index (κ2) is 4.12. The molecule has 0 spiro atoms. The van der Waals surface area contributed by atoms with Gasteiger partial charge in [0.1, 0.15) is 5.82 Å². The molecule has 0 radical (unpaired) electrons. The SMILES string of the molecule is CNCC#Cc1cnc2c(c1)CCN2. The molecule has 3 heteroatoms. The Morgan fingerprint density at radius 2 is 2.57 bits per heavy atom. The van der Waals surface area contributed by atoms with Gasteiger partial charge in [-0.05, 0) is 25.1 Å². The number of nitrogens with zero attached hydrogens (tertiary/aromatic N) is 1. The third-order valence-electron chi connectivity index (χ3n) is 2.15. The van der Waals surface area contributed by atoms with Gasteiger partial charge in [0.05, 0.1) is 6.54 Å². The lowest BCUT2D eigenvalue weighted by Crippen LogP contribution is -2.04. The molecule has 2 N–H and O–H groups in total. The molecule has 0 aliphatic carbocycles.